The Labute approximate surface area is 139 Å². The number of aromatic nitrogens is 2. The number of rotatable bonds is 7. The summed E-state index contributed by atoms with van der Waals surface area (Å²) < 4.78 is 5.86. The van der Waals surface area contributed by atoms with E-state index in [4.69, 9.17) is 4.74 Å². The monoisotopic (exact) mass is 315 g/mol. The van der Waals surface area contributed by atoms with Crippen LogP contribution in [-0.2, 0) is 12.0 Å². The largest absolute Gasteiger partial charge is 0.493 e. The van der Waals surface area contributed by atoms with E-state index >= 15 is 0 Å². The van der Waals surface area contributed by atoms with E-state index < -0.39 is 0 Å². The Morgan fingerprint density at radius 1 is 1.30 bits per heavy atom. The molecule has 0 saturated heterocycles. The lowest BCUT2D eigenvalue weighted by molar-refractivity contribution is 0.256. The van der Waals surface area contributed by atoms with E-state index in [1.54, 1.807) is 0 Å². The number of hydrogen-bond donors (Lipinski definition) is 2. The fourth-order valence-electron chi connectivity index (χ4n) is 2.35. The van der Waals surface area contributed by atoms with Gasteiger partial charge in [-0.25, -0.2) is 0 Å². The number of benzene rings is 1. The number of hydrogen-bond acceptors (Lipinski definition) is 3. The van der Waals surface area contributed by atoms with Crippen LogP contribution in [0.4, 0.5) is 5.69 Å². The van der Waals surface area contributed by atoms with Crippen molar-refractivity contribution in [2.24, 2.45) is 5.92 Å². The lowest BCUT2D eigenvalue weighted by Gasteiger charge is -2.18. The minimum absolute atomic E-state index is 0.0399. The summed E-state index contributed by atoms with van der Waals surface area (Å²) in [6, 6.07) is 8.15. The second-order valence-electron chi connectivity index (χ2n) is 7.21. The standard InChI is InChI=1S/C19H29N3O/c1-6-14(2)13-23-17-9-7-8-16(10-17)20-11-15-12-21-22-18(15)19(3,4)5/h7-10,12,14,20H,6,11,13H2,1-5H3,(H,21,22). The first kappa shape index (κ1) is 17.4. The Kier molecular flexibility index (Phi) is 5.69. The minimum atomic E-state index is 0.0399. The Bertz CT molecular complexity index is 613. The highest BCUT2D eigenvalue weighted by Crippen LogP contribution is 2.25. The van der Waals surface area contributed by atoms with Crippen molar-refractivity contribution >= 4 is 5.69 Å². The average molecular weight is 315 g/mol. The first-order valence-electron chi connectivity index (χ1n) is 8.40. The van der Waals surface area contributed by atoms with E-state index in [2.05, 4.69) is 62.3 Å². The molecule has 1 aromatic carbocycles. The molecular weight excluding hydrogens is 286 g/mol. The molecular formula is C19H29N3O. The smallest absolute Gasteiger partial charge is 0.121 e. The van der Waals surface area contributed by atoms with Crippen LogP contribution in [0.25, 0.3) is 0 Å². The molecule has 0 saturated carbocycles. The van der Waals surface area contributed by atoms with Gasteiger partial charge in [0.25, 0.3) is 0 Å². The van der Waals surface area contributed by atoms with Crippen LogP contribution in [-0.4, -0.2) is 16.8 Å². The van der Waals surface area contributed by atoms with E-state index in [9.17, 15) is 0 Å². The van der Waals surface area contributed by atoms with E-state index in [1.807, 2.05) is 18.3 Å². The molecule has 2 rings (SSSR count). The molecule has 0 fully saturated rings. The minimum Gasteiger partial charge on any atom is -0.493 e. The first-order valence-corrected chi connectivity index (χ1v) is 8.40. The zero-order valence-electron chi connectivity index (χ0n) is 14.9. The van der Waals surface area contributed by atoms with Crippen molar-refractivity contribution in [2.45, 2.75) is 53.0 Å². The summed E-state index contributed by atoms with van der Waals surface area (Å²) in [5, 5.41) is 10.8. The lowest BCUT2D eigenvalue weighted by Crippen LogP contribution is -2.15. The molecule has 0 aliphatic heterocycles. The molecule has 126 valence electrons. The van der Waals surface area contributed by atoms with Crippen LogP contribution in [0.5, 0.6) is 5.75 Å². The Morgan fingerprint density at radius 3 is 2.78 bits per heavy atom. The van der Waals surface area contributed by atoms with Crippen molar-refractivity contribution in [3.8, 4) is 5.75 Å². The summed E-state index contributed by atoms with van der Waals surface area (Å²) in [6.45, 7) is 12.4. The van der Waals surface area contributed by atoms with Gasteiger partial charge in [0.05, 0.1) is 12.3 Å². The van der Waals surface area contributed by atoms with Gasteiger partial charge >= 0.3 is 0 Å². The molecule has 4 heteroatoms. The third-order valence-corrected chi connectivity index (χ3v) is 3.98. The SMILES string of the molecule is CCC(C)COc1cccc(NCc2c[nH]nc2C(C)(C)C)c1. The van der Waals surface area contributed by atoms with Crippen LogP contribution in [0.1, 0.15) is 52.3 Å². The summed E-state index contributed by atoms with van der Waals surface area (Å²) in [5.74, 6) is 1.49. The van der Waals surface area contributed by atoms with Crippen LogP contribution in [0, 0.1) is 5.92 Å². The molecule has 1 atom stereocenters. The van der Waals surface area contributed by atoms with E-state index in [0.717, 1.165) is 36.7 Å². The maximum Gasteiger partial charge on any atom is 0.121 e. The van der Waals surface area contributed by atoms with Crippen molar-refractivity contribution in [3.05, 3.63) is 41.7 Å². The van der Waals surface area contributed by atoms with Gasteiger partial charge in [0, 0.05) is 35.5 Å². The first-order chi connectivity index (χ1) is 10.9. The highest BCUT2D eigenvalue weighted by atomic mass is 16.5. The third-order valence-electron chi connectivity index (χ3n) is 3.98. The van der Waals surface area contributed by atoms with Crippen molar-refractivity contribution < 1.29 is 4.74 Å². The Balaban J connectivity index is 1.98. The zero-order valence-corrected chi connectivity index (χ0v) is 14.9. The highest BCUT2D eigenvalue weighted by Gasteiger charge is 2.20. The number of anilines is 1. The van der Waals surface area contributed by atoms with Crippen molar-refractivity contribution in [3.63, 3.8) is 0 Å². The van der Waals surface area contributed by atoms with Gasteiger partial charge in [0.2, 0.25) is 0 Å². The van der Waals surface area contributed by atoms with E-state index in [0.29, 0.717) is 5.92 Å². The normalized spacial score (nSPS) is 12.9. The molecule has 1 aromatic heterocycles. The Hall–Kier alpha value is -1.97. The number of nitrogens with one attached hydrogen (secondary N) is 2. The summed E-state index contributed by atoms with van der Waals surface area (Å²) in [7, 11) is 0. The zero-order chi connectivity index (χ0) is 16.9. The van der Waals surface area contributed by atoms with Gasteiger partial charge in [-0.1, -0.05) is 47.1 Å². The molecule has 1 unspecified atom stereocenters. The van der Waals surface area contributed by atoms with Crippen LogP contribution in [0.2, 0.25) is 0 Å². The molecule has 4 nitrogen and oxygen atoms in total. The molecule has 1 heterocycles. The van der Waals surface area contributed by atoms with E-state index in [1.165, 1.54) is 5.56 Å². The molecule has 0 aliphatic carbocycles. The van der Waals surface area contributed by atoms with Gasteiger partial charge in [-0.15, -0.1) is 0 Å². The second kappa shape index (κ2) is 7.53. The molecule has 2 aromatic rings. The van der Waals surface area contributed by atoms with Crippen LogP contribution >= 0.6 is 0 Å². The maximum atomic E-state index is 5.86. The lowest BCUT2D eigenvalue weighted by atomic mass is 9.89. The molecule has 2 N–H and O–H groups in total. The van der Waals surface area contributed by atoms with Crippen molar-refractivity contribution in [2.75, 3.05) is 11.9 Å². The molecule has 0 spiro atoms. The predicted octanol–water partition coefficient (Wildman–Crippen LogP) is 4.74. The van der Waals surface area contributed by atoms with Crippen molar-refractivity contribution in [1.29, 1.82) is 0 Å². The van der Waals surface area contributed by atoms with Gasteiger partial charge in [-0.2, -0.15) is 5.10 Å². The average Bonchev–Trinajstić information content (AvgIpc) is 3.00. The third kappa shape index (κ3) is 5.02. The highest BCUT2D eigenvalue weighted by molar-refractivity contribution is 5.48. The fraction of sp³-hybridized carbons (Fsp3) is 0.526. The number of aromatic amines is 1. The molecule has 23 heavy (non-hydrogen) atoms. The second-order valence-corrected chi connectivity index (χ2v) is 7.21. The summed E-state index contributed by atoms with van der Waals surface area (Å²) in [6.07, 6.45) is 3.10. The molecule has 0 bridgehead atoms. The number of nitrogens with zero attached hydrogens (tertiary/aromatic N) is 1. The predicted molar refractivity (Wildman–Crippen MR) is 96.0 cm³/mol. The summed E-state index contributed by atoms with van der Waals surface area (Å²) in [5.41, 5.74) is 3.41. The summed E-state index contributed by atoms with van der Waals surface area (Å²) >= 11 is 0. The van der Waals surface area contributed by atoms with E-state index in [-0.39, 0.29) is 5.41 Å². The van der Waals surface area contributed by atoms with Crippen molar-refractivity contribution in [1.82, 2.24) is 10.2 Å². The molecule has 0 aliphatic rings. The fourth-order valence-corrected chi connectivity index (χ4v) is 2.35. The number of H-pyrrole nitrogens is 1. The van der Waals surface area contributed by atoms with Crippen LogP contribution in [0.3, 0.4) is 0 Å². The topological polar surface area (TPSA) is 49.9 Å². The molecule has 0 radical (unpaired) electrons. The number of ether oxygens (including phenoxy) is 1. The molecule has 0 amide bonds. The Morgan fingerprint density at radius 2 is 2.09 bits per heavy atom. The van der Waals surface area contributed by atoms with Gasteiger partial charge in [-0.05, 0) is 18.1 Å². The van der Waals surface area contributed by atoms with Gasteiger partial charge in [-0.3, -0.25) is 5.10 Å². The van der Waals surface area contributed by atoms with Gasteiger partial charge in [0.15, 0.2) is 0 Å². The van der Waals surface area contributed by atoms with Gasteiger partial charge in [0.1, 0.15) is 5.75 Å². The van der Waals surface area contributed by atoms with Gasteiger partial charge < -0.3 is 10.1 Å². The maximum absolute atomic E-state index is 5.86. The van der Waals surface area contributed by atoms with Crippen LogP contribution in [0.15, 0.2) is 30.5 Å². The quantitative estimate of drug-likeness (QED) is 0.775. The summed E-state index contributed by atoms with van der Waals surface area (Å²) in [4.78, 5) is 0. The van der Waals surface area contributed by atoms with Crippen LogP contribution < -0.4 is 10.1 Å².